The summed E-state index contributed by atoms with van der Waals surface area (Å²) >= 11 is 4.58. The molecule has 1 aromatic heterocycles. The Bertz CT molecular complexity index is 1090. The van der Waals surface area contributed by atoms with Gasteiger partial charge in [-0.25, -0.2) is 13.4 Å². The van der Waals surface area contributed by atoms with E-state index in [1.807, 2.05) is 19.9 Å². The molecule has 6 nitrogen and oxygen atoms in total. The summed E-state index contributed by atoms with van der Waals surface area (Å²) in [4.78, 5) is 17.0. The second-order valence-electron chi connectivity index (χ2n) is 5.70. The number of hydrogen-bond acceptors (Lipinski definition) is 5. The highest BCUT2D eigenvalue weighted by Crippen LogP contribution is 2.29. The first-order valence-electron chi connectivity index (χ1n) is 8.32. The fourth-order valence-corrected chi connectivity index (χ4v) is 5.49. The van der Waals surface area contributed by atoms with Crippen LogP contribution in [0.5, 0.6) is 0 Å². The van der Waals surface area contributed by atoms with Crippen molar-refractivity contribution in [3.8, 4) is 0 Å². The van der Waals surface area contributed by atoms with Crippen LogP contribution in [0.3, 0.4) is 0 Å². The van der Waals surface area contributed by atoms with Gasteiger partial charge < -0.3 is 0 Å². The van der Waals surface area contributed by atoms with Crippen LogP contribution in [0.15, 0.2) is 51.8 Å². The zero-order valence-corrected chi connectivity index (χ0v) is 18.0. The van der Waals surface area contributed by atoms with E-state index >= 15 is 0 Å². The van der Waals surface area contributed by atoms with Crippen molar-refractivity contribution in [2.75, 3.05) is 18.4 Å². The number of amides is 1. The van der Waals surface area contributed by atoms with E-state index in [1.54, 1.807) is 36.4 Å². The number of fused-ring (bicyclic) bond motifs is 1. The summed E-state index contributed by atoms with van der Waals surface area (Å²) in [6, 6.07) is 11.9. The van der Waals surface area contributed by atoms with Gasteiger partial charge in [0.25, 0.3) is 5.91 Å². The molecule has 0 fully saturated rings. The van der Waals surface area contributed by atoms with Crippen molar-refractivity contribution in [1.29, 1.82) is 0 Å². The topological polar surface area (TPSA) is 79.4 Å². The number of carbonyl (C=O) groups is 1. The number of benzene rings is 2. The largest absolute Gasteiger partial charge is 0.298 e. The van der Waals surface area contributed by atoms with Gasteiger partial charge in [-0.05, 0) is 36.4 Å². The number of halogens is 1. The van der Waals surface area contributed by atoms with Crippen molar-refractivity contribution in [1.82, 2.24) is 9.29 Å². The lowest BCUT2D eigenvalue weighted by atomic mass is 10.2. The summed E-state index contributed by atoms with van der Waals surface area (Å²) < 4.78 is 28.3. The average Bonchev–Trinajstić information content (AvgIpc) is 3.03. The van der Waals surface area contributed by atoms with E-state index < -0.39 is 10.0 Å². The monoisotopic (exact) mass is 467 g/mol. The molecule has 0 aliphatic heterocycles. The Morgan fingerprint density at radius 3 is 2.59 bits per heavy atom. The van der Waals surface area contributed by atoms with Crippen molar-refractivity contribution >= 4 is 58.5 Å². The second kappa shape index (κ2) is 8.05. The predicted molar refractivity (Wildman–Crippen MR) is 112 cm³/mol. The number of aromatic nitrogens is 1. The van der Waals surface area contributed by atoms with Crippen molar-refractivity contribution in [3.63, 3.8) is 0 Å². The first-order chi connectivity index (χ1) is 12.8. The number of hydrogen-bond donors (Lipinski definition) is 1. The molecule has 2 aromatic carbocycles. The standard InChI is InChI=1S/C18H18BrN3O3S2/c1-3-22(4-2)27(24,25)14-8-9-15-16(11-14)26-18(20-15)21-17(23)12-6-5-7-13(19)10-12/h5-11H,3-4H2,1-2H3,(H,20,21,23). The van der Waals surface area contributed by atoms with Crippen LogP contribution in [0.25, 0.3) is 10.2 Å². The molecule has 0 spiro atoms. The Morgan fingerprint density at radius 2 is 1.93 bits per heavy atom. The molecule has 0 saturated heterocycles. The third-order valence-corrected chi connectivity index (χ3v) is 7.48. The molecular weight excluding hydrogens is 450 g/mol. The Hall–Kier alpha value is -1.81. The van der Waals surface area contributed by atoms with Gasteiger partial charge in [-0.3, -0.25) is 10.1 Å². The van der Waals surface area contributed by atoms with Gasteiger partial charge in [-0.1, -0.05) is 47.2 Å². The summed E-state index contributed by atoms with van der Waals surface area (Å²) in [5.74, 6) is -0.272. The molecule has 0 radical (unpaired) electrons. The fraction of sp³-hybridized carbons (Fsp3) is 0.222. The second-order valence-corrected chi connectivity index (χ2v) is 9.59. The van der Waals surface area contributed by atoms with Crippen molar-refractivity contribution in [2.45, 2.75) is 18.7 Å². The normalized spacial score (nSPS) is 11.9. The van der Waals surface area contributed by atoms with Crippen LogP contribution in [0.4, 0.5) is 5.13 Å². The molecule has 3 rings (SSSR count). The van der Waals surface area contributed by atoms with Crippen LogP contribution in [-0.2, 0) is 10.0 Å². The maximum Gasteiger partial charge on any atom is 0.257 e. The van der Waals surface area contributed by atoms with Gasteiger partial charge in [-0.15, -0.1) is 0 Å². The first kappa shape index (κ1) is 19.9. The molecule has 0 saturated carbocycles. The van der Waals surface area contributed by atoms with E-state index in [9.17, 15) is 13.2 Å². The number of carbonyl (C=O) groups excluding carboxylic acids is 1. The van der Waals surface area contributed by atoms with Crippen molar-refractivity contribution in [3.05, 3.63) is 52.5 Å². The number of rotatable bonds is 6. The maximum absolute atomic E-state index is 12.7. The van der Waals surface area contributed by atoms with Crippen LogP contribution < -0.4 is 5.32 Å². The average molecular weight is 468 g/mol. The number of sulfonamides is 1. The Morgan fingerprint density at radius 1 is 1.19 bits per heavy atom. The lowest BCUT2D eigenvalue weighted by Crippen LogP contribution is -2.30. The van der Waals surface area contributed by atoms with Gasteiger partial charge in [-0.2, -0.15) is 4.31 Å². The van der Waals surface area contributed by atoms with E-state index in [2.05, 4.69) is 26.2 Å². The molecule has 0 atom stereocenters. The molecule has 142 valence electrons. The lowest BCUT2D eigenvalue weighted by molar-refractivity contribution is 0.102. The summed E-state index contributed by atoms with van der Waals surface area (Å²) in [5.41, 5.74) is 1.15. The van der Waals surface area contributed by atoms with Crippen LogP contribution in [0.2, 0.25) is 0 Å². The van der Waals surface area contributed by atoms with Crippen molar-refractivity contribution < 1.29 is 13.2 Å². The Kier molecular flexibility index (Phi) is 5.95. The van der Waals surface area contributed by atoms with E-state index in [1.165, 1.54) is 15.6 Å². The quantitative estimate of drug-likeness (QED) is 0.584. The van der Waals surface area contributed by atoms with E-state index in [-0.39, 0.29) is 10.8 Å². The maximum atomic E-state index is 12.7. The molecule has 1 amide bonds. The minimum absolute atomic E-state index is 0.229. The highest BCUT2D eigenvalue weighted by molar-refractivity contribution is 9.10. The minimum atomic E-state index is -3.53. The van der Waals surface area contributed by atoms with Gasteiger partial charge in [0.05, 0.1) is 15.1 Å². The smallest absolute Gasteiger partial charge is 0.257 e. The number of thiazole rings is 1. The number of anilines is 1. The van der Waals surface area contributed by atoms with Crippen LogP contribution in [-0.4, -0.2) is 36.7 Å². The van der Waals surface area contributed by atoms with Gasteiger partial charge in [0, 0.05) is 23.1 Å². The Labute approximate surface area is 170 Å². The number of nitrogens with zero attached hydrogens (tertiary/aromatic N) is 2. The first-order valence-corrected chi connectivity index (χ1v) is 11.4. The predicted octanol–water partition coefficient (Wildman–Crippen LogP) is 4.34. The van der Waals surface area contributed by atoms with Gasteiger partial charge in [0.15, 0.2) is 5.13 Å². The SMILES string of the molecule is CCN(CC)S(=O)(=O)c1ccc2nc(NC(=O)c3cccc(Br)c3)sc2c1. The molecule has 0 bridgehead atoms. The van der Waals surface area contributed by atoms with E-state index in [4.69, 9.17) is 0 Å². The molecule has 0 aliphatic rings. The molecule has 0 unspecified atom stereocenters. The molecule has 0 aliphatic carbocycles. The zero-order chi connectivity index (χ0) is 19.6. The van der Waals surface area contributed by atoms with Gasteiger partial charge in [0.2, 0.25) is 10.0 Å². The van der Waals surface area contributed by atoms with Crippen LogP contribution >= 0.6 is 27.3 Å². The molecule has 9 heteroatoms. The van der Waals surface area contributed by atoms with E-state index in [0.717, 1.165) is 4.47 Å². The van der Waals surface area contributed by atoms with Gasteiger partial charge in [0.1, 0.15) is 0 Å². The molecule has 3 aromatic rings. The third-order valence-electron chi connectivity index (χ3n) is 4.01. The summed E-state index contributed by atoms with van der Waals surface area (Å²) in [5, 5.41) is 3.19. The summed E-state index contributed by atoms with van der Waals surface area (Å²) in [6.07, 6.45) is 0. The van der Waals surface area contributed by atoms with Crippen LogP contribution in [0, 0.1) is 0 Å². The molecular formula is C18H18BrN3O3S2. The number of nitrogens with one attached hydrogen (secondary N) is 1. The lowest BCUT2D eigenvalue weighted by Gasteiger charge is -2.18. The fourth-order valence-electron chi connectivity index (χ4n) is 2.63. The van der Waals surface area contributed by atoms with Crippen LogP contribution in [0.1, 0.15) is 24.2 Å². The molecule has 1 N–H and O–H groups in total. The third kappa shape index (κ3) is 4.21. The molecule has 1 heterocycles. The molecule has 27 heavy (non-hydrogen) atoms. The highest BCUT2D eigenvalue weighted by Gasteiger charge is 2.22. The summed E-state index contributed by atoms with van der Waals surface area (Å²) in [7, 11) is -3.53. The Balaban J connectivity index is 1.89. The summed E-state index contributed by atoms with van der Waals surface area (Å²) in [6.45, 7) is 4.44. The van der Waals surface area contributed by atoms with Gasteiger partial charge >= 0.3 is 0 Å². The minimum Gasteiger partial charge on any atom is -0.298 e. The van der Waals surface area contributed by atoms with Crippen molar-refractivity contribution in [2.24, 2.45) is 0 Å². The zero-order valence-electron chi connectivity index (χ0n) is 14.8. The highest BCUT2D eigenvalue weighted by atomic mass is 79.9. The van der Waals surface area contributed by atoms with E-state index in [0.29, 0.717) is 34.0 Å².